The number of nitrogens with zero attached hydrogens (tertiary/aromatic N) is 3. The first kappa shape index (κ1) is 22.8. The van der Waals surface area contributed by atoms with Crippen LogP contribution in [0, 0.1) is 12.8 Å². The molecule has 34 heavy (non-hydrogen) atoms. The molecule has 1 saturated heterocycles. The Balaban J connectivity index is 1.29. The van der Waals surface area contributed by atoms with Gasteiger partial charge in [0.25, 0.3) is 5.56 Å². The van der Waals surface area contributed by atoms with Crippen molar-refractivity contribution in [3.05, 3.63) is 63.3 Å². The molecule has 178 valence electrons. The van der Waals surface area contributed by atoms with Crippen LogP contribution in [0.15, 0.2) is 52.2 Å². The summed E-state index contributed by atoms with van der Waals surface area (Å²) >= 11 is 1.43. The van der Waals surface area contributed by atoms with E-state index in [-0.39, 0.29) is 17.4 Å². The molecule has 1 aliphatic carbocycles. The van der Waals surface area contributed by atoms with Crippen molar-refractivity contribution in [1.82, 2.24) is 14.9 Å². The van der Waals surface area contributed by atoms with Crippen LogP contribution in [0.5, 0.6) is 0 Å². The summed E-state index contributed by atoms with van der Waals surface area (Å²) in [5.41, 5.74) is 4.17. The highest BCUT2D eigenvalue weighted by atomic mass is 32.1. The predicted octanol–water partition coefficient (Wildman–Crippen LogP) is 4.98. The third-order valence-corrected chi connectivity index (χ3v) is 7.92. The Morgan fingerprint density at radius 2 is 1.94 bits per heavy atom. The first-order valence-corrected chi connectivity index (χ1v) is 13.3. The monoisotopic (exact) mass is 476 g/mol. The molecule has 0 atom stereocenters. The third-order valence-electron chi connectivity index (χ3n) is 7.03. The van der Waals surface area contributed by atoms with Crippen LogP contribution in [0.3, 0.4) is 0 Å². The first-order chi connectivity index (χ1) is 16.6. The Morgan fingerprint density at radius 1 is 1.15 bits per heavy atom. The molecule has 3 heterocycles. The maximum Gasteiger partial charge on any atom is 0.277 e. The minimum Gasteiger partial charge on any atom is -0.356 e. The van der Waals surface area contributed by atoms with Gasteiger partial charge in [-0.15, -0.1) is 11.3 Å². The molecule has 3 aromatic rings. The maximum atomic E-state index is 13.4. The fourth-order valence-corrected chi connectivity index (χ4v) is 5.76. The minimum atomic E-state index is -0.0317. The van der Waals surface area contributed by atoms with Crippen LogP contribution in [0.1, 0.15) is 50.5 Å². The Kier molecular flexibility index (Phi) is 6.81. The standard InChI is InChI=1S/C27H32N4O2S/c1-19-7-9-22(10-8-19)31-26(33)24-23(14-18-34-24)29-27(31)30-16-12-21(13-17-30)25(32)28-15-11-20-5-3-2-4-6-20/h5,7-10,14,18,21H,2-4,6,11-13,15-17H2,1H3,(H,28,32). The molecule has 1 aromatic carbocycles. The van der Waals surface area contributed by atoms with Gasteiger partial charge in [0, 0.05) is 25.6 Å². The second-order valence-electron chi connectivity index (χ2n) is 9.43. The molecule has 2 aromatic heterocycles. The van der Waals surface area contributed by atoms with Gasteiger partial charge < -0.3 is 10.2 Å². The van der Waals surface area contributed by atoms with E-state index in [9.17, 15) is 9.59 Å². The second kappa shape index (κ2) is 10.1. The van der Waals surface area contributed by atoms with Crippen molar-refractivity contribution < 1.29 is 4.79 Å². The summed E-state index contributed by atoms with van der Waals surface area (Å²) < 4.78 is 2.41. The number of rotatable bonds is 6. The summed E-state index contributed by atoms with van der Waals surface area (Å²) in [5, 5.41) is 5.08. The van der Waals surface area contributed by atoms with Gasteiger partial charge in [-0.1, -0.05) is 29.3 Å². The number of aromatic nitrogens is 2. The number of hydrogen-bond acceptors (Lipinski definition) is 5. The summed E-state index contributed by atoms with van der Waals surface area (Å²) in [5.74, 6) is 0.845. The topological polar surface area (TPSA) is 67.2 Å². The summed E-state index contributed by atoms with van der Waals surface area (Å²) in [7, 11) is 0. The zero-order valence-corrected chi connectivity index (χ0v) is 20.6. The van der Waals surface area contributed by atoms with E-state index in [1.165, 1.54) is 42.6 Å². The number of piperidine rings is 1. The van der Waals surface area contributed by atoms with Crippen LogP contribution in [0.25, 0.3) is 15.9 Å². The van der Waals surface area contributed by atoms with Gasteiger partial charge in [-0.2, -0.15) is 0 Å². The molecule has 0 unspecified atom stereocenters. The molecule has 0 saturated carbocycles. The van der Waals surface area contributed by atoms with E-state index in [0.717, 1.165) is 42.6 Å². The van der Waals surface area contributed by atoms with Crippen LogP contribution in [0.2, 0.25) is 0 Å². The number of carbonyl (C=O) groups is 1. The summed E-state index contributed by atoms with van der Waals surface area (Å²) in [6.07, 6.45) is 9.77. The van der Waals surface area contributed by atoms with Gasteiger partial charge in [-0.25, -0.2) is 9.55 Å². The smallest absolute Gasteiger partial charge is 0.277 e. The molecular formula is C27H32N4O2S. The molecule has 1 amide bonds. The average Bonchev–Trinajstić information content (AvgIpc) is 3.35. The van der Waals surface area contributed by atoms with Gasteiger partial charge >= 0.3 is 0 Å². The zero-order valence-electron chi connectivity index (χ0n) is 19.8. The lowest BCUT2D eigenvalue weighted by molar-refractivity contribution is -0.125. The number of allylic oxidation sites excluding steroid dienone is 1. The number of aryl methyl sites for hydroxylation is 1. The largest absolute Gasteiger partial charge is 0.356 e. The second-order valence-corrected chi connectivity index (χ2v) is 10.3. The van der Waals surface area contributed by atoms with Crippen molar-refractivity contribution >= 4 is 33.4 Å². The van der Waals surface area contributed by atoms with Gasteiger partial charge in [-0.3, -0.25) is 9.59 Å². The predicted molar refractivity (Wildman–Crippen MR) is 139 cm³/mol. The molecule has 0 radical (unpaired) electrons. The number of amides is 1. The molecule has 2 aliphatic rings. The van der Waals surface area contributed by atoms with E-state index in [2.05, 4.69) is 16.3 Å². The molecular weight excluding hydrogens is 444 g/mol. The normalized spacial score (nSPS) is 17.1. The fraction of sp³-hybridized carbons (Fsp3) is 0.444. The number of carbonyl (C=O) groups excluding carboxylic acids is 1. The van der Waals surface area contributed by atoms with E-state index >= 15 is 0 Å². The number of benzene rings is 1. The van der Waals surface area contributed by atoms with Crippen LogP contribution >= 0.6 is 11.3 Å². The lowest BCUT2D eigenvalue weighted by atomic mass is 9.95. The average molecular weight is 477 g/mol. The van der Waals surface area contributed by atoms with Crippen molar-refractivity contribution in [2.24, 2.45) is 5.92 Å². The lowest BCUT2D eigenvalue weighted by Crippen LogP contribution is -2.43. The van der Waals surface area contributed by atoms with E-state index < -0.39 is 0 Å². The minimum absolute atomic E-state index is 0.0148. The summed E-state index contributed by atoms with van der Waals surface area (Å²) in [6.45, 7) is 4.18. The number of nitrogens with one attached hydrogen (secondary N) is 1. The molecule has 0 bridgehead atoms. The van der Waals surface area contributed by atoms with Crippen molar-refractivity contribution in [3.63, 3.8) is 0 Å². The van der Waals surface area contributed by atoms with Gasteiger partial charge in [0.1, 0.15) is 4.70 Å². The molecule has 1 N–H and O–H groups in total. The van der Waals surface area contributed by atoms with Gasteiger partial charge in [0.2, 0.25) is 11.9 Å². The third kappa shape index (κ3) is 4.80. The molecule has 1 aliphatic heterocycles. The van der Waals surface area contributed by atoms with Gasteiger partial charge in [-0.05, 0) is 75.4 Å². The number of anilines is 1. The fourth-order valence-electron chi connectivity index (χ4n) is 5.00. The van der Waals surface area contributed by atoms with Crippen LogP contribution in [0.4, 0.5) is 5.95 Å². The van der Waals surface area contributed by atoms with Crippen molar-refractivity contribution in [3.8, 4) is 5.69 Å². The first-order valence-electron chi connectivity index (χ1n) is 12.4. The molecule has 1 fully saturated rings. The highest BCUT2D eigenvalue weighted by Crippen LogP contribution is 2.27. The number of thiophene rings is 1. The zero-order chi connectivity index (χ0) is 23.5. The van der Waals surface area contributed by atoms with Gasteiger partial charge in [0.15, 0.2) is 0 Å². The van der Waals surface area contributed by atoms with E-state index in [4.69, 9.17) is 4.98 Å². The van der Waals surface area contributed by atoms with Crippen molar-refractivity contribution in [2.75, 3.05) is 24.5 Å². The maximum absolute atomic E-state index is 13.4. The van der Waals surface area contributed by atoms with Gasteiger partial charge in [0.05, 0.1) is 11.2 Å². The molecule has 0 spiro atoms. The van der Waals surface area contributed by atoms with E-state index in [1.54, 1.807) is 4.57 Å². The van der Waals surface area contributed by atoms with Crippen molar-refractivity contribution in [1.29, 1.82) is 0 Å². The number of fused-ring (bicyclic) bond motifs is 1. The lowest BCUT2D eigenvalue weighted by Gasteiger charge is -2.33. The SMILES string of the molecule is Cc1ccc(-n2c(N3CCC(C(=O)NCCC4=CCCCC4)CC3)nc3ccsc3c2=O)cc1. The molecule has 7 heteroatoms. The summed E-state index contributed by atoms with van der Waals surface area (Å²) in [6, 6.07) is 9.90. The van der Waals surface area contributed by atoms with E-state index in [1.807, 2.05) is 42.6 Å². The summed E-state index contributed by atoms with van der Waals surface area (Å²) in [4.78, 5) is 33.2. The van der Waals surface area contributed by atoms with Crippen LogP contribution in [-0.4, -0.2) is 35.1 Å². The quantitative estimate of drug-likeness (QED) is 0.510. The Labute approximate surface area is 204 Å². The molecule has 6 nitrogen and oxygen atoms in total. The van der Waals surface area contributed by atoms with Crippen LogP contribution in [-0.2, 0) is 4.79 Å². The highest BCUT2D eigenvalue weighted by Gasteiger charge is 2.28. The Morgan fingerprint density at radius 3 is 2.68 bits per heavy atom. The Bertz CT molecular complexity index is 1250. The number of hydrogen-bond donors (Lipinski definition) is 1. The van der Waals surface area contributed by atoms with E-state index in [0.29, 0.717) is 23.7 Å². The molecule has 5 rings (SSSR count). The highest BCUT2D eigenvalue weighted by molar-refractivity contribution is 7.17. The Hall–Kier alpha value is -2.93. The van der Waals surface area contributed by atoms with Crippen molar-refractivity contribution in [2.45, 2.75) is 51.9 Å². The van der Waals surface area contributed by atoms with Crippen LogP contribution < -0.4 is 15.8 Å².